The van der Waals surface area contributed by atoms with Crippen LogP contribution in [-0.4, -0.2) is 59.3 Å². The number of imidazole rings is 1. The Morgan fingerprint density at radius 1 is 1.10 bits per heavy atom. The first-order valence-corrected chi connectivity index (χ1v) is 13.6. The summed E-state index contributed by atoms with van der Waals surface area (Å²) in [6, 6.07) is 6.58. The summed E-state index contributed by atoms with van der Waals surface area (Å²) >= 11 is 1.29. The first-order chi connectivity index (χ1) is 19.8. The van der Waals surface area contributed by atoms with Crippen molar-refractivity contribution in [1.82, 2.24) is 14.1 Å². The van der Waals surface area contributed by atoms with Crippen molar-refractivity contribution in [3.63, 3.8) is 0 Å². The van der Waals surface area contributed by atoms with Crippen LogP contribution in [0.5, 0.6) is 11.5 Å². The van der Waals surface area contributed by atoms with Crippen LogP contribution in [0.25, 0.3) is 21.3 Å². The highest BCUT2D eigenvalue weighted by Crippen LogP contribution is 2.32. The molecule has 0 saturated heterocycles. The number of allylic oxidation sites excluding steroid dienone is 2. The second-order valence-electron chi connectivity index (χ2n) is 8.94. The maximum absolute atomic E-state index is 11.9. The molecule has 13 heteroatoms. The quantitative estimate of drug-likeness (QED) is 0.139. The molecule has 0 saturated carbocycles. The number of amides is 2. The van der Waals surface area contributed by atoms with Gasteiger partial charge in [0.15, 0.2) is 4.80 Å². The van der Waals surface area contributed by atoms with Gasteiger partial charge < -0.3 is 34.5 Å². The van der Waals surface area contributed by atoms with Crippen LogP contribution in [0.2, 0.25) is 0 Å². The molecule has 2 amide bonds. The first kappa shape index (κ1) is 29.2. The molecule has 2 heterocycles. The van der Waals surface area contributed by atoms with Crippen LogP contribution in [0.1, 0.15) is 40.5 Å². The van der Waals surface area contributed by atoms with Gasteiger partial charge in [-0.2, -0.15) is 4.99 Å². The van der Waals surface area contributed by atoms with Gasteiger partial charge in [0.25, 0.3) is 0 Å². The molecule has 0 bridgehead atoms. The Hall–Kier alpha value is -4.78. The van der Waals surface area contributed by atoms with Crippen molar-refractivity contribution in [1.29, 1.82) is 0 Å². The Morgan fingerprint density at radius 2 is 1.85 bits per heavy atom. The minimum atomic E-state index is -0.604. The maximum atomic E-state index is 11.9. The van der Waals surface area contributed by atoms with E-state index in [2.05, 4.69) is 15.3 Å². The number of nitrogens with zero attached hydrogens (tertiary/aromatic N) is 4. The number of nitrogens with two attached hydrogens (primary N) is 1. The molecule has 12 nitrogen and oxygen atoms in total. The molecule has 4 rings (SSSR count). The van der Waals surface area contributed by atoms with Gasteiger partial charge in [0, 0.05) is 44.6 Å². The number of aldehydes is 2. The summed E-state index contributed by atoms with van der Waals surface area (Å²) in [5.74, 6) is 0.531. The Bertz CT molecular complexity index is 1730. The van der Waals surface area contributed by atoms with Crippen molar-refractivity contribution < 1.29 is 28.7 Å². The molecule has 41 heavy (non-hydrogen) atoms. The number of nitrogens with one attached hydrogen (secondary N) is 1. The number of anilines is 1. The van der Waals surface area contributed by atoms with E-state index in [0.29, 0.717) is 64.8 Å². The smallest absolute Gasteiger partial charge is 0.248 e. The van der Waals surface area contributed by atoms with Gasteiger partial charge in [-0.25, -0.2) is 4.98 Å². The van der Waals surface area contributed by atoms with Gasteiger partial charge in [0.2, 0.25) is 17.8 Å². The zero-order chi connectivity index (χ0) is 29.5. The van der Waals surface area contributed by atoms with Crippen LogP contribution >= 0.6 is 11.3 Å². The number of benzene rings is 2. The summed E-state index contributed by atoms with van der Waals surface area (Å²) in [4.78, 5) is 55.2. The molecule has 4 aromatic rings. The summed E-state index contributed by atoms with van der Waals surface area (Å²) in [7, 11) is 3.26. The lowest BCUT2D eigenvalue weighted by molar-refractivity contribution is -0.116. The van der Waals surface area contributed by atoms with Crippen LogP contribution < -0.4 is 25.3 Å². The van der Waals surface area contributed by atoms with E-state index < -0.39 is 5.91 Å². The van der Waals surface area contributed by atoms with Gasteiger partial charge in [-0.15, -0.1) is 0 Å². The average molecular weight is 579 g/mol. The van der Waals surface area contributed by atoms with Crippen LogP contribution in [0.15, 0.2) is 41.4 Å². The highest BCUT2D eigenvalue weighted by molar-refractivity contribution is 7.16. The van der Waals surface area contributed by atoms with Crippen molar-refractivity contribution in [2.45, 2.75) is 32.9 Å². The number of ether oxygens (including phenoxy) is 2. The van der Waals surface area contributed by atoms with Gasteiger partial charge in [0.1, 0.15) is 35.1 Å². The fraction of sp³-hybridized carbons (Fsp3) is 0.286. The molecule has 3 N–H and O–H groups in total. The van der Waals surface area contributed by atoms with Crippen molar-refractivity contribution in [3.8, 4) is 11.5 Å². The molecule has 0 aliphatic rings. The minimum absolute atomic E-state index is 0.264. The molecule has 0 aliphatic heterocycles. The number of fused-ring (bicyclic) bond motifs is 2. The molecule has 0 aliphatic carbocycles. The molecule has 0 unspecified atom stereocenters. The standard InChI is InChI=1S/C28H30N6O6S/c1-17(37)31-28-34(25-21(39-3)12-18(16-36)13-23(25)41-28)9-5-4-8-33-24-20(32-27(33)30-2)14-19(26(29)38)15-22(24)40-11-7-6-10-35/h4-5,10,12-16H,6-9,11H2,1-3H3,(H2,29,38)(H,30,32)/b5-4+,31-28?. The molecular formula is C28H30N6O6S. The largest absolute Gasteiger partial charge is 0.494 e. The third kappa shape index (κ3) is 6.35. The molecule has 0 fully saturated rings. The third-order valence-electron chi connectivity index (χ3n) is 6.15. The Morgan fingerprint density at radius 3 is 2.49 bits per heavy atom. The topological polar surface area (TPSA) is 160 Å². The van der Waals surface area contributed by atoms with Crippen molar-refractivity contribution >= 4 is 62.9 Å². The number of primary amides is 1. The van der Waals surface area contributed by atoms with Gasteiger partial charge in [-0.3, -0.25) is 14.4 Å². The average Bonchev–Trinajstić information content (AvgIpc) is 3.49. The summed E-state index contributed by atoms with van der Waals surface area (Å²) in [5, 5.41) is 3.07. The molecule has 0 atom stereocenters. The summed E-state index contributed by atoms with van der Waals surface area (Å²) in [6.45, 7) is 2.42. The molecule has 0 spiro atoms. The Kier molecular flexibility index (Phi) is 9.30. The number of hydrogen-bond acceptors (Lipinski definition) is 9. The van der Waals surface area contributed by atoms with E-state index in [4.69, 9.17) is 15.2 Å². The number of hydrogen-bond donors (Lipinski definition) is 2. The molecular weight excluding hydrogens is 548 g/mol. The molecule has 2 aromatic carbocycles. The predicted octanol–water partition coefficient (Wildman–Crippen LogP) is 3.08. The number of carbonyl (C=O) groups excluding carboxylic acids is 4. The summed E-state index contributed by atoms with van der Waals surface area (Å²) < 4.78 is 16.0. The number of aromatic nitrogens is 3. The summed E-state index contributed by atoms with van der Waals surface area (Å²) in [5.41, 5.74) is 8.18. The van der Waals surface area contributed by atoms with Crippen molar-refractivity contribution in [2.75, 3.05) is 26.1 Å². The zero-order valence-corrected chi connectivity index (χ0v) is 23.7. The van der Waals surface area contributed by atoms with Gasteiger partial charge in [0.05, 0.1) is 23.9 Å². The second kappa shape index (κ2) is 13.0. The van der Waals surface area contributed by atoms with E-state index in [9.17, 15) is 19.2 Å². The van der Waals surface area contributed by atoms with E-state index in [1.807, 2.05) is 21.3 Å². The van der Waals surface area contributed by atoms with E-state index in [1.54, 1.807) is 31.3 Å². The van der Waals surface area contributed by atoms with Crippen molar-refractivity contribution in [2.24, 2.45) is 10.7 Å². The second-order valence-corrected chi connectivity index (χ2v) is 9.95. The number of methoxy groups -OCH3 is 1. The minimum Gasteiger partial charge on any atom is -0.494 e. The molecule has 0 radical (unpaired) electrons. The fourth-order valence-corrected chi connectivity index (χ4v) is 5.52. The monoisotopic (exact) mass is 578 g/mol. The van der Waals surface area contributed by atoms with Crippen LogP contribution in [0.3, 0.4) is 0 Å². The van der Waals surface area contributed by atoms with Gasteiger partial charge in [-0.1, -0.05) is 23.5 Å². The lowest BCUT2D eigenvalue weighted by Gasteiger charge is -2.12. The lowest BCUT2D eigenvalue weighted by Crippen LogP contribution is -2.16. The van der Waals surface area contributed by atoms with E-state index in [1.165, 1.54) is 25.4 Å². The number of carbonyl (C=O) groups is 4. The third-order valence-corrected chi connectivity index (χ3v) is 7.18. The Balaban J connectivity index is 1.72. The maximum Gasteiger partial charge on any atom is 0.248 e. The highest BCUT2D eigenvalue weighted by atomic mass is 32.1. The van der Waals surface area contributed by atoms with Gasteiger partial charge in [-0.05, 0) is 30.7 Å². The highest BCUT2D eigenvalue weighted by Gasteiger charge is 2.18. The van der Waals surface area contributed by atoms with Crippen molar-refractivity contribution in [3.05, 3.63) is 52.3 Å². The molecule has 2 aromatic heterocycles. The number of thiazole rings is 1. The summed E-state index contributed by atoms with van der Waals surface area (Å²) in [6.07, 6.45) is 6.31. The van der Waals surface area contributed by atoms with E-state index >= 15 is 0 Å². The van der Waals surface area contributed by atoms with Crippen LogP contribution in [0.4, 0.5) is 5.95 Å². The van der Waals surface area contributed by atoms with Crippen LogP contribution in [0, 0.1) is 0 Å². The number of unbranched alkanes of at least 4 members (excludes halogenated alkanes) is 1. The van der Waals surface area contributed by atoms with Crippen LogP contribution in [-0.2, 0) is 22.7 Å². The Labute approximate surface area is 239 Å². The van der Waals surface area contributed by atoms with E-state index in [-0.39, 0.29) is 18.1 Å². The SMILES string of the molecule is CNc1nc2cc(C(N)=O)cc(OCCCC=O)c2n1C/C=C/Cn1c(=NC(C)=O)sc2cc(C=O)cc(OC)c21. The predicted molar refractivity (Wildman–Crippen MR) is 156 cm³/mol. The fourth-order valence-electron chi connectivity index (χ4n) is 4.37. The zero-order valence-electron chi connectivity index (χ0n) is 22.9. The van der Waals surface area contributed by atoms with Gasteiger partial charge >= 0.3 is 0 Å². The number of rotatable bonds is 13. The molecule has 214 valence electrons. The normalized spacial score (nSPS) is 11.8. The first-order valence-electron chi connectivity index (χ1n) is 12.8. The lowest BCUT2D eigenvalue weighted by atomic mass is 10.1. The van der Waals surface area contributed by atoms with E-state index in [0.717, 1.165) is 22.8 Å².